The minimum absolute atomic E-state index is 0.0251. The Balaban J connectivity index is 0.000000286. The molecule has 1 aromatic heterocycles. The van der Waals surface area contributed by atoms with E-state index < -0.39 is 23.0 Å². The molecule has 244 valence electrons. The fourth-order valence-electron chi connectivity index (χ4n) is 5.27. The van der Waals surface area contributed by atoms with Crippen molar-refractivity contribution in [2.24, 2.45) is 5.41 Å². The highest BCUT2D eigenvalue weighted by Gasteiger charge is 2.45. The molecule has 0 bridgehead atoms. The number of aromatic amines is 1. The maximum atomic E-state index is 15.1. The van der Waals surface area contributed by atoms with Gasteiger partial charge in [-0.25, -0.2) is 13.6 Å². The number of anilines is 1. The lowest BCUT2D eigenvalue weighted by Gasteiger charge is -2.38. The van der Waals surface area contributed by atoms with Gasteiger partial charge in [0.25, 0.3) is 0 Å². The highest BCUT2D eigenvalue weighted by atomic mass is 35.5. The van der Waals surface area contributed by atoms with Crippen LogP contribution in [0.3, 0.4) is 0 Å². The van der Waals surface area contributed by atoms with Crippen molar-refractivity contribution in [3.8, 4) is 6.07 Å². The number of hydrogen-bond acceptors (Lipinski definition) is 5. The van der Waals surface area contributed by atoms with E-state index in [1.54, 1.807) is 56.4 Å². The Kier molecular flexibility index (Phi) is 12.7. The smallest absolute Gasteiger partial charge is 0.354 e. The summed E-state index contributed by atoms with van der Waals surface area (Å²) in [6.07, 6.45) is 1.61. The summed E-state index contributed by atoms with van der Waals surface area (Å²) in [4.78, 5) is 24.8. The molecule has 0 aliphatic rings. The van der Waals surface area contributed by atoms with E-state index in [4.69, 9.17) is 27.9 Å². The summed E-state index contributed by atoms with van der Waals surface area (Å²) < 4.78 is 35.0. The molecular weight excluding hydrogens is 633 g/mol. The third-order valence-corrected chi connectivity index (χ3v) is 8.11. The van der Waals surface area contributed by atoms with Crippen LogP contribution in [0.25, 0.3) is 10.9 Å². The van der Waals surface area contributed by atoms with Crippen LogP contribution in [0.2, 0.25) is 10.0 Å². The number of carbonyl (C=O) groups excluding carboxylic acids is 2. The first-order valence-corrected chi connectivity index (χ1v) is 15.5. The van der Waals surface area contributed by atoms with Gasteiger partial charge in [0, 0.05) is 39.6 Å². The molecule has 1 amide bonds. The lowest BCUT2D eigenvalue weighted by atomic mass is 9.64. The predicted molar refractivity (Wildman–Crippen MR) is 179 cm³/mol. The van der Waals surface area contributed by atoms with Crippen LogP contribution >= 0.6 is 23.2 Å². The van der Waals surface area contributed by atoms with Crippen LogP contribution in [0, 0.1) is 28.4 Å². The maximum absolute atomic E-state index is 15.1. The van der Waals surface area contributed by atoms with Gasteiger partial charge in [-0.3, -0.25) is 4.79 Å². The largest absolute Gasteiger partial charge is 0.461 e. The van der Waals surface area contributed by atoms with Crippen molar-refractivity contribution in [2.75, 3.05) is 25.5 Å². The van der Waals surface area contributed by atoms with Gasteiger partial charge in [0.05, 0.1) is 23.1 Å². The molecule has 0 aliphatic heterocycles. The number of esters is 1. The summed E-state index contributed by atoms with van der Waals surface area (Å²) >= 11 is 12.0. The number of fused-ring (bicyclic) bond motifs is 1. The zero-order valence-electron chi connectivity index (χ0n) is 26.4. The summed E-state index contributed by atoms with van der Waals surface area (Å²) in [6, 6.07) is 18.4. The molecule has 0 saturated carbocycles. The molecule has 11 heteroatoms. The van der Waals surface area contributed by atoms with E-state index in [1.807, 2.05) is 0 Å². The number of ether oxygens (including phenoxy) is 1. The van der Waals surface area contributed by atoms with Crippen molar-refractivity contribution >= 4 is 52.2 Å². The molecule has 3 aromatic carbocycles. The van der Waals surface area contributed by atoms with Crippen LogP contribution < -0.4 is 10.6 Å². The van der Waals surface area contributed by atoms with Gasteiger partial charge in [-0.1, -0.05) is 62.2 Å². The fraction of sp³-hybridized carbons (Fsp3) is 0.343. The molecular formula is C35H38Cl2F2N4O3. The van der Waals surface area contributed by atoms with E-state index in [2.05, 4.69) is 42.5 Å². The van der Waals surface area contributed by atoms with Crippen molar-refractivity contribution < 1.29 is 23.1 Å². The van der Waals surface area contributed by atoms with Crippen molar-refractivity contribution in [1.29, 1.82) is 5.26 Å². The normalized spacial score (nSPS) is 13.1. The second-order valence-electron chi connectivity index (χ2n) is 12.0. The first-order chi connectivity index (χ1) is 21.8. The molecule has 46 heavy (non-hydrogen) atoms. The molecule has 2 atom stereocenters. The number of nitrogens with zero attached hydrogens (tertiary/aromatic N) is 1. The predicted octanol–water partition coefficient (Wildman–Crippen LogP) is 8.78. The van der Waals surface area contributed by atoms with Crippen molar-refractivity contribution in [2.45, 2.75) is 51.9 Å². The van der Waals surface area contributed by atoms with Gasteiger partial charge in [-0.2, -0.15) is 5.26 Å². The number of aromatic nitrogens is 1. The Morgan fingerprint density at radius 1 is 1.09 bits per heavy atom. The Labute approximate surface area is 278 Å². The molecule has 0 spiro atoms. The summed E-state index contributed by atoms with van der Waals surface area (Å²) in [7, 11) is 1.72. The summed E-state index contributed by atoms with van der Waals surface area (Å²) in [5, 5.41) is 17.1. The quantitative estimate of drug-likeness (QED) is 0.109. The van der Waals surface area contributed by atoms with E-state index >= 15 is 8.78 Å². The minimum Gasteiger partial charge on any atom is -0.461 e. The number of nitriles is 1. The zero-order chi connectivity index (χ0) is 34.1. The molecule has 0 radical (unpaired) electrons. The number of likely N-dealkylation sites (N-methyl/N-ethyl adjacent to an activating group) is 1. The van der Waals surface area contributed by atoms with Gasteiger partial charge in [-0.15, -0.1) is 0 Å². The SMILES string of the molecule is CCOC(=O)c1cc2cc(NC=O)ccc2[nH]1.CNCC(c1cccc(Cl)c1F)[C@](C#N)(CCC(C)(C)C)c1ccc(Cl)cc1F. The summed E-state index contributed by atoms with van der Waals surface area (Å²) in [5.74, 6) is -2.20. The second kappa shape index (κ2) is 16.0. The molecule has 4 rings (SSSR count). The van der Waals surface area contributed by atoms with Gasteiger partial charge < -0.3 is 20.4 Å². The topological polar surface area (TPSA) is 107 Å². The molecule has 1 heterocycles. The number of hydrogen-bond donors (Lipinski definition) is 3. The molecule has 4 aromatic rings. The van der Waals surface area contributed by atoms with Gasteiger partial charge in [0.2, 0.25) is 6.41 Å². The fourth-order valence-corrected chi connectivity index (χ4v) is 5.61. The van der Waals surface area contributed by atoms with Gasteiger partial charge in [-0.05, 0) is 80.3 Å². The van der Waals surface area contributed by atoms with Gasteiger partial charge >= 0.3 is 5.97 Å². The zero-order valence-corrected chi connectivity index (χ0v) is 28.0. The van der Waals surface area contributed by atoms with E-state index in [0.29, 0.717) is 37.2 Å². The average Bonchev–Trinajstić information content (AvgIpc) is 3.43. The van der Waals surface area contributed by atoms with Crippen LogP contribution in [-0.2, 0) is 14.9 Å². The van der Waals surface area contributed by atoms with Gasteiger partial charge in [0.1, 0.15) is 17.3 Å². The molecule has 0 fully saturated rings. The second-order valence-corrected chi connectivity index (χ2v) is 12.8. The minimum atomic E-state index is -1.31. The van der Waals surface area contributed by atoms with E-state index in [-0.39, 0.29) is 39.1 Å². The van der Waals surface area contributed by atoms with Crippen LogP contribution in [0.4, 0.5) is 14.5 Å². The number of nitrogens with one attached hydrogen (secondary N) is 3. The monoisotopic (exact) mass is 670 g/mol. The number of rotatable bonds is 11. The summed E-state index contributed by atoms with van der Waals surface area (Å²) in [5.41, 5.74) is 1.01. The third-order valence-electron chi connectivity index (χ3n) is 7.58. The lowest BCUT2D eigenvalue weighted by Crippen LogP contribution is -2.39. The molecule has 3 N–H and O–H groups in total. The van der Waals surface area contributed by atoms with Crippen LogP contribution in [0.5, 0.6) is 0 Å². The van der Waals surface area contributed by atoms with Crippen molar-refractivity contribution in [3.63, 3.8) is 0 Å². The first-order valence-electron chi connectivity index (χ1n) is 14.8. The van der Waals surface area contributed by atoms with E-state index in [1.165, 1.54) is 18.2 Å². The van der Waals surface area contributed by atoms with Crippen molar-refractivity contribution in [3.05, 3.63) is 99.2 Å². The Bertz CT molecular complexity index is 1710. The van der Waals surface area contributed by atoms with E-state index in [0.717, 1.165) is 10.9 Å². The van der Waals surface area contributed by atoms with Gasteiger partial charge in [0.15, 0.2) is 0 Å². The van der Waals surface area contributed by atoms with Crippen LogP contribution in [0.1, 0.15) is 68.1 Å². The summed E-state index contributed by atoms with van der Waals surface area (Å²) in [6.45, 7) is 8.54. The van der Waals surface area contributed by atoms with Crippen LogP contribution in [0.15, 0.2) is 60.7 Å². The van der Waals surface area contributed by atoms with Crippen LogP contribution in [-0.4, -0.2) is 37.6 Å². The highest BCUT2D eigenvalue weighted by molar-refractivity contribution is 6.31. The number of halogens is 4. The molecule has 1 unspecified atom stereocenters. The van der Waals surface area contributed by atoms with Crippen molar-refractivity contribution in [1.82, 2.24) is 10.3 Å². The van der Waals surface area contributed by atoms with E-state index in [9.17, 15) is 14.9 Å². The molecule has 0 saturated heterocycles. The molecule has 0 aliphatic carbocycles. The first kappa shape index (κ1) is 36.5. The average molecular weight is 672 g/mol. The number of amides is 1. The Morgan fingerprint density at radius 2 is 1.83 bits per heavy atom. The maximum Gasteiger partial charge on any atom is 0.354 e. The lowest BCUT2D eigenvalue weighted by molar-refractivity contribution is -0.105. The third kappa shape index (κ3) is 8.85. The molecule has 7 nitrogen and oxygen atoms in total. The number of benzene rings is 3. The number of H-pyrrole nitrogens is 1. The number of carbonyl (C=O) groups is 2. The Hall–Kier alpha value is -3.97. The highest BCUT2D eigenvalue weighted by Crippen LogP contribution is 2.46. The Morgan fingerprint density at radius 3 is 2.43 bits per heavy atom. The standard InChI is InChI=1S/C23H26Cl2F2N2.C12H12N2O3/c1-22(2,3)10-11-23(14-28,17-9-8-15(24)12-20(17)26)18(13-29-4)16-6-5-7-19(25)21(16)27;1-2-17-12(16)11-6-8-5-9(13-7-15)3-4-10(8)14-11/h5-9,12,18,29H,10-11,13H2,1-4H3;3-7,14H,2H2,1H3,(H,13,15)/t18?,23-;/m0./s1.